The van der Waals surface area contributed by atoms with E-state index in [1.165, 1.54) is 22.7 Å². The fraction of sp³-hybridized carbons (Fsp3) is 0.111. The van der Waals surface area contributed by atoms with Crippen LogP contribution in [0.15, 0.2) is 57.2 Å². The van der Waals surface area contributed by atoms with Crippen LogP contribution in [-0.4, -0.2) is 21.9 Å². The Kier molecular flexibility index (Phi) is 6.10. The number of aromatic nitrogens is 2. The number of carbonyl (C=O) groups excluding carboxylic acids is 2. The molecule has 10 heteroatoms. The van der Waals surface area contributed by atoms with Crippen molar-refractivity contribution in [2.75, 3.05) is 0 Å². The lowest BCUT2D eigenvalue weighted by molar-refractivity contribution is -0.139. The third kappa shape index (κ3) is 4.82. The van der Waals surface area contributed by atoms with Crippen molar-refractivity contribution in [3.05, 3.63) is 48.5 Å². The van der Waals surface area contributed by atoms with Crippen LogP contribution in [0.5, 0.6) is 0 Å². The maximum Gasteiger partial charge on any atom is 0.318 e. The smallest absolute Gasteiger partial charge is 0.318 e. The summed E-state index contributed by atoms with van der Waals surface area (Å²) < 4.78 is 13.6. The number of para-hydroxylation sites is 2. The van der Waals surface area contributed by atoms with Crippen molar-refractivity contribution in [3.63, 3.8) is 0 Å². The predicted octanol–water partition coefficient (Wildman–Crippen LogP) is 5.49. The lowest BCUT2D eigenvalue weighted by Gasteiger charge is -2.01. The molecule has 0 N–H and O–H groups in total. The quantitative estimate of drug-likeness (QED) is 0.344. The van der Waals surface area contributed by atoms with Gasteiger partial charge < -0.3 is 8.37 Å². The molecule has 0 aliphatic rings. The van der Waals surface area contributed by atoms with Crippen LogP contribution in [-0.2, 0) is 18.0 Å². The van der Waals surface area contributed by atoms with Gasteiger partial charge in [-0.25, -0.2) is 9.97 Å². The molecular formula is C18H12N2O4S4. The van der Waals surface area contributed by atoms with Crippen molar-refractivity contribution in [2.45, 2.75) is 21.5 Å². The van der Waals surface area contributed by atoms with E-state index in [0.29, 0.717) is 8.68 Å². The SMILES string of the molecule is O=C(CCC(=O)OSc1nc2ccccc2s1)OSc1nc2ccccc2s1. The molecule has 0 fully saturated rings. The number of thiazole rings is 2. The average molecular weight is 449 g/mol. The van der Waals surface area contributed by atoms with Gasteiger partial charge in [0.15, 0.2) is 8.68 Å². The largest absolute Gasteiger partial charge is 0.383 e. The van der Waals surface area contributed by atoms with E-state index in [9.17, 15) is 9.59 Å². The zero-order chi connectivity index (χ0) is 19.3. The van der Waals surface area contributed by atoms with E-state index in [1.807, 2.05) is 48.5 Å². The van der Waals surface area contributed by atoms with Crippen molar-refractivity contribution in [2.24, 2.45) is 0 Å². The minimum Gasteiger partial charge on any atom is -0.383 e. The van der Waals surface area contributed by atoms with E-state index < -0.39 is 11.9 Å². The maximum atomic E-state index is 11.8. The summed E-state index contributed by atoms with van der Waals surface area (Å²) in [5.74, 6) is -0.989. The Balaban J connectivity index is 1.20. The van der Waals surface area contributed by atoms with Crippen LogP contribution >= 0.6 is 46.8 Å². The summed E-state index contributed by atoms with van der Waals surface area (Å²) in [5, 5.41) is 0. The lowest BCUT2D eigenvalue weighted by Crippen LogP contribution is -2.05. The molecule has 0 spiro atoms. The number of fused-ring (bicyclic) bond motifs is 2. The van der Waals surface area contributed by atoms with Crippen LogP contribution in [0.4, 0.5) is 0 Å². The van der Waals surface area contributed by atoms with Crippen LogP contribution < -0.4 is 0 Å². The van der Waals surface area contributed by atoms with Gasteiger partial charge in [0.25, 0.3) is 0 Å². The molecule has 0 saturated heterocycles. The first-order valence-corrected chi connectivity index (χ1v) is 11.2. The van der Waals surface area contributed by atoms with E-state index in [1.54, 1.807) is 0 Å². The van der Waals surface area contributed by atoms with Crippen LogP contribution in [0, 0.1) is 0 Å². The third-order valence-electron chi connectivity index (χ3n) is 3.49. The zero-order valence-electron chi connectivity index (χ0n) is 14.2. The summed E-state index contributed by atoms with van der Waals surface area (Å²) in [7, 11) is 0. The highest BCUT2D eigenvalue weighted by molar-refractivity contribution is 7.97. The summed E-state index contributed by atoms with van der Waals surface area (Å²) in [4.78, 5) is 32.4. The first-order valence-electron chi connectivity index (χ1n) is 8.13. The van der Waals surface area contributed by atoms with Gasteiger partial charge in [0, 0.05) is 0 Å². The van der Waals surface area contributed by atoms with Gasteiger partial charge in [0.2, 0.25) is 0 Å². The van der Waals surface area contributed by atoms with Gasteiger partial charge in [-0.05, 0) is 24.3 Å². The van der Waals surface area contributed by atoms with Gasteiger partial charge >= 0.3 is 11.9 Å². The second-order valence-corrected chi connectivity index (χ2v) is 9.49. The number of hydrogen-bond acceptors (Lipinski definition) is 10. The molecule has 0 amide bonds. The molecule has 2 aromatic heterocycles. The molecule has 6 nitrogen and oxygen atoms in total. The Labute approximate surface area is 176 Å². The number of rotatable bonds is 7. The molecule has 0 aliphatic heterocycles. The van der Waals surface area contributed by atoms with E-state index in [0.717, 1.165) is 44.5 Å². The fourth-order valence-corrected chi connectivity index (χ4v) is 5.40. The number of benzene rings is 2. The van der Waals surface area contributed by atoms with Crippen LogP contribution in [0.1, 0.15) is 12.8 Å². The molecule has 0 aliphatic carbocycles. The molecule has 4 rings (SSSR count). The normalized spacial score (nSPS) is 11.0. The Morgan fingerprint density at radius 3 is 1.61 bits per heavy atom. The summed E-state index contributed by atoms with van der Waals surface area (Å²) in [5.41, 5.74) is 1.72. The number of carbonyl (C=O) groups is 2. The van der Waals surface area contributed by atoms with Gasteiger partial charge in [-0.1, -0.05) is 24.3 Å². The molecule has 2 heterocycles. The molecule has 0 unspecified atom stereocenters. The minimum atomic E-state index is -0.494. The highest BCUT2D eigenvalue weighted by Crippen LogP contribution is 2.31. The van der Waals surface area contributed by atoms with E-state index >= 15 is 0 Å². The first kappa shape index (κ1) is 19.2. The summed E-state index contributed by atoms with van der Waals surface area (Å²) >= 11 is 4.71. The summed E-state index contributed by atoms with van der Waals surface area (Å²) in [6.45, 7) is 0. The van der Waals surface area contributed by atoms with E-state index in [-0.39, 0.29) is 12.8 Å². The van der Waals surface area contributed by atoms with Gasteiger partial charge in [-0.2, -0.15) is 0 Å². The summed E-state index contributed by atoms with van der Waals surface area (Å²) in [6.07, 6.45) is -0.117. The maximum absolute atomic E-state index is 11.8. The molecule has 0 radical (unpaired) electrons. The topological polar surface area (TPSA) is 78.4 Å². The Morgan fingerprint density at radius 1 is 0.750 bits per heavy atom. The molecule has 0 atom stereocenters. The predicted molar refractivity (Wildman–Crippen MR) is 112 cm³/mol. The van der Waals surface area contributed by atoms with Crippen molar-refractivity contribution in [1.29, 1.82) is 0 Å². The standard InChI is InChI=1S/C18H12N2O4S4/c21-15(23-27-17-19-11-5-1-3-7-13(11)25-17)9-10-16(22)24-28-18-20-12-6-2-4-8-14(12)26-18/h1-8H,9-10H2. The molecule has 0 bridgehead atoms. The fourth-order valence-electron chi connectivity index (χ4n) is 2.23. The highest BCUT2D eigenvalue weighted by Gasteiger charge is 2.14. The van der Waals surface area contributed by atoms with Gasteiger partial charge in [0.1, 0.15) is 24.1 Å². The summed E-state index contributed by atoms with van der Waals surface area (Å²) in [6, 6.07) is 15.4. The molecule has 2 aromatic carbocycles. The third-order valence-corrected chi connectivity index (χ3v) is 7.07. The van der Waals surface area contributed by atoms with Crippen molar-refractivity contribution in [1.82, 2.24) is 9.97 Å². The molecule has 0 saturated carbocycles. The van der Waals surface area contributed by atoms with Crippen molar-refractivity contribution in [3.8, 4) is 0 Å². The van der Waals surface area contributed by atoms with Gasteiger partial charge in [0.05, 0.1) is 33.3 Å². The minimum absolute atomic E-state index is 0.0584. The van der Waals surface area contributed by atoms with Crippen LogP contribution in [0.2, 0.25) is 0 Å². The molecular weight excluding hydrogens is 436 g/mol. The number of hydrogen-bond donors (Lipinski definition) is 0. The molecule has 142 valence electrons. The second-order valence-electron chi connectivity index (χ2n) is 5.47. The zero-order valence-corrected chi connectivity index (χ0v) is 17.5. The molecule has 4 aromatic rings. The number of nitrogens with zero attached hydrogens (tertiary/aromatic N) is 2. The monoisotopic (exact) mass is 448 g/mol. The van der Waals surface area contributed by atoms with Gasteiger partial charge in [-0.3, -0.25) is 9.59 Å². The Morgan fingerprint density at radius 2 is 1.18 bits per heavy atom. The highest BCUT2D eigenvalue weighted by atomic mass is 32.2. The molecule has 28 heavy (non-hydrogen) atoms. The van der Waals surface area contributed by atoms with E-state index in [2.05, 4.69) is 9.97 Å². The van der Waals surface area contributed by atoms with Crippen molar-refractivity contribution < 1.29 is 18.0 Å². The Bertz CT molecular complexity index is 985. The van der Waals surface area contributed by atoms with Crippen LogP contribution in [0.25, 0.3) is 20.4 Å². The van der Waals surface area contributed by atoms with Crippen LogP contribution in [0.3, 0.4) is 0 Å². The second kappa shape index (κ2) is 8.91. The average Bonchev–Trinajstić information content (AvgIpc) is 3.32. The van der Waals surface area contributed by atoms with Gasteiger partial charge in [-0.15, -0.1) is 22.7 Å². The van der Waals surface area contributed by atoms with E-state index in [4.69, 9.17) is 8.37 Å². The first-order chi connectivity index (χ1) is 13.7. The van der Waals surface area contributed by atoms with Crippen molar-refractivity contribution >= 4 is 79.1 Å². The lowest BCUT2D eigenvalue weighted by atomic mass is 10.3. The Hall–Kier alpha value is -2.14.